The molecule has 1 saturated carbocycles. The Hall–Kier alpha value is -1.14. The number of aliphatic hydroxyl groups is 1. The molecule has 5 nitrogen and oxygen atoms in total. The van der Waals surface area contributed by atoms with Crippen molar-refractivity contribution in [3.8, 4) is 0 Å². The number of nitrogens with zero attached hydrogens (tertiary/aromatic N) is 1. The highest BCUT2D eigenvalue weighted by molar-refractivity contribution is 9.10. The maximum atomic E-state index is 12.4. The normalized spacial score (nSPS) is 29.4. The molecule has 6 heteroatoms. The minimum Gasteiger partial charge on any atom is -0.389 e. The first kappa shape index (κ1) is 12.9. The van der Waals surface area contributed by atoms with Crippen molar-refractivity contribution in [1.29, 1.82) is 0 Å². The van der Waals surface area contributed by atoms with E-state index >= 15 is 0 Å². The van der Waals surface area contributed by atoms with Crippen LogP contribution in [-0.2, 0) is 5.66 Å². The van der Waals surface area contributed by atoms with Gasteiger partial charge >= 0.3 is 0 Å². The van der Waals surface area contributed by atoms with Crippen molar-refractivity contribution in [2.24, 2.45) is 0 Å². The summed E-state index contributed by atoms with van der Waals surface area (Å²) in [4.78, 5) is 24.6. The van der Waals surface area contributed by atoms with Crippen LogP contribution in [0.1, 0.15) is 41.7 Å². The lowest BCUT2D eigenvalue weighted by atomic mass is 9.86. The van der Waals surface area contributed by atoms with E-state index in [-0.39, 0.29) is 11.5 Å². The lowest BCUT2D eigenvalue weighted by molar-refractivity contribution is -0.0140. The molecule has 2 N–H and O–H groups in total. The molecule has 1 aromatic rings. The maximum absolute atomic E-state index is 12.4. The summed E-state index contributed by atoms with van der Waals surface area (Å²) in [6.45, 7) is 1.80. The summed E-state index contributed by atoms with van der Waals surface area (Å²) in [5.74, 6) is -0.275. The molecule has 2 aliphatic rings. The van der Waals surface area contributed by atoms with E-state index in [1.54, 1.807) is 13.0 Å². The second kappa shape index (κ2) is 4.18. The lowest BCUT2D eigenvalue weighted by Gasteiger charge is -2.39. The van der Waals surface area contributed by atoms with E-state index in [2.05, 4.69) is 21.2 Å². The van der Waals surface area contributed by atoms with E-state index in [1.807, 2.05) is 0 Å². The minimum atomic E-state index is -0.962. The maximum Gasteiger partial charge on any atom is 0.270 e. The number of pyridine rings is 1. The molecule has 1 aliphatic heterocycles. The summed E-state index contributed by atoms with van der Waals surface area (Å²) < 4.78 is 1.88. The van der Waals surface area contributed by atoms with Crippen molar-refractivity contribution in [3.05, 3.63) is 32.2 Å². The molecule has 19 heavy (non-hydrogen) atoms. The third kappa shape index (κ3) is 1.63. The number of fused-ring (bicyclic) bond motifs is 2. The Bertz CT molecular complexity index is 625. The first-order chi connectivity index (χ1) is 8.97. The minimum absolute atomic E-state index is 0.264. The summed E-state index contributed by atoms with van der Waals surface area (Å²) in [5.41, 5.74) is -0.122. The van der Waals surface area contributed by atoms with Crippen LogP contribution >= 0.6 is 15.9 Å². The van der Waals surface area contributed by atoms with Crippen molar-refractivity contribution >= 4 is 21.8 Å². The molecule has 1 aliphatic carbocycles. The van der Waals surface area contributed by atoms with Crippen LogP contribution in [0.25, 0.3) is 0 Å². The molecule has 0 bridgehead atoms. The molecule has 0 saturated heterocycles. The number of carbonyl (C=O) groups excluding carboxylic acids is 1. The summed E-state index contributed by atoms with van der Waals surface area (Å²) in [7, 11) is 0. The molecular weight excluding hydrogens is 312 g/mol. The zero-order valence-electron chi connectivity index (χ0n) is 10.6. The topological polar surface area (TPSA) is 71.3 Å². The number of amides is 1. The van der Waals surface area contributed by atoms with Gasteiger partial charge in [-0.05, 0) is 53.7 Å². The number of rotatable bonds is 0. The number of hydrogen-bond donors (Lipinski definition) is 2. The largest absolute Gasteiger partial charge is 0.389 e. The van der Waals surface area contributed by atoms with Crippen LogP contribution in [0.3, 0.4) is 0 Å². The van der Waals surface area contributed by atoms with Crippen molar-refractivity contribution in [1.82, 2.24) is 9.88 Å². The van der Waals surface area contributed by atoms with Crippen molar-refractivity contribution in [3.63, 3.8) is 0 Å². The van der Waals surface area contributed by atoms with E-state index in [1.165, 1.54) is 4.57 Å². The van der Waals surface area contributed by atoms with Gasteiger partial charge in [0.05, 0.1) is 10.6 Å². The summed E-state index contributed by atoms with van der Waals surface area (Å²) in [6, 6.07) is 1.65. The molecule has 102 valence electrons. The molecule has 2 unspecified atom stereocenters. The molecule has 3 rings (SSSR count). The number of aromatic nitrogens is 1. The average Bonchev–Trinajstić information content (AvgIpc) is 2.65. The fourth-order valence-electron chi connectivity index (χ4n) is 3.22. The second-order valence-corrected chi connectivity index (χ2v) is 6.16. The van der Waals surface area contributed by atoms with Gasteiger partial charge < -0.3 is 10.4 Å². The highest BCUT2D eigenvalue weighted by atomic mass is 79.9. The molecular formula is C13H15BrN2O3. The van der Waals surface area contributed by atoms with Gasteiger partial charge in [-0.2, -0.15) is 0 Å². The van der Waals surface area contributed by atoms with Crippen LogP contribution in [0.4, 0.5) is 0 Å². The van der Waals surface area contributed by atoms with Gasteiger partial charge in [-0.3, -0.25) is 14.2 Å². The van der Waals surface area contributed by atoms with Crippen LogP contribution in [0.5, 0.6) is 0 Å². The number of nitrogens with one attached hydrogen (secondary N) is 1. The van der Waals surface area contributed by atoms with Gasteiger partial charge in [0.2, 0.25) is 0 Å². The van der Waals surface area contributed by atoms with E-state index in [4.69, 9.17) is 0 Å². The van der Waals surface area contributed by atoms with Gasteiger partial charge in [0.25, 0.3) is 11.5 Å². The number of hydrogen-bond acceptors (Lipinski definition) is 3. The highest BCUT2D eigenvalue weighted by Gasteiger charge is 2.50. The van der Waals surface area contributed by atoms with Crippen LogP contribution in [0, 0.1) is 6.92 Å². The van der Waals surface area contributed by atoms with Crippen molar-refractivity contribution in [2.45, 2.75) is 44.4 Å². The molecule has 1 amide bonds. The van der Waals surface area contributed by atoms with Crippen molar-refractivity contribution in [2.75, 3.05) is 0 Å². The van der Waals surface area contributed by atoms with Crippen molar-refractivity contribution < 1.29 is 9.90 Å². The Morgan fingerprint density at radius 1 is 1.47 bits per heavy atom. The number of aryl methyl sites for hydroxylation is 1. The predicted octanol–water partition coefficient (Wildman–Crippen LogP) is 1.25. The fourth-order valence-corrected chi connectivity index (χ4v) is 3.74. The Kier molecular flexibility index (Phi) is 2.83. The number of aliphatic hydroxyl groups excluding tert-OH is 1. The molecule has 0 radical (unpaired) electrons. The zero-order chi connectivity index (χ0) is 13.8. The molecule has 2 atom stereocenters. The fraction of sp³-hybridized carbons (Fsp3) is 0.538. The van der Waals surface area contributed by atoms with Gasteiger partial charge in [0.1, 0.15) is 11.4 Å². The quantitative estimate of drug-likeness (QED) is 0.753. The summed E-state index contributed by atoms with van der Waals surface area (Å²) in [5, 5.41) is 13.2. The first-order valence-electron chi connectivity index (χ1n) is 6.40. The highest BCUT2D eigenvalue weighted by Crippen LogP contribution is 2.37. The molecule has 1 fully saturated rings. The van der Waals surface area contributed by atoms with Crippen LogP contribution in [0.2, 0.25) is 0 Å². The third-order valence-electron chi connectivity index (χ3n) is 4.13. The van der Waals surface area contributed by atoms with Gasteiger partial charge in [-0.1, -0.05) is 6.42 Å². The number of halogens is 1. The Morgan fingerprint density at radius 2 is 2.21 bits per heavy atom. The van der Waals surface area contributed by atoms with Crippen LogP contribution in [0.15, 0.2) is 15.3 Å². The van der Waals surface area contributed by atoms with E-state index in [0.717, 1.165) is 18.4 Å². The summed E-state index contributed by atoms with van der Waals surface area (Å²) in [6.07, 6.45) is 2.25. The van der Waals surface area contributed by atoms with Crippen LogP contribution < -0.4 is 10.9 Å². The van der Waals surface area contributed by atoms with Gasteiger partial charge in [0.15, 0.2) is 0 Å². The van der Waals surface area contributed by atoms with E-state index in [9.17, 15) is 14.7 Å². The van der Waals surface area contributed by atoms with Gasteiger partial charge in [0, 0.05) is 0 Å². The average molecular weight is 327 g/mol. The molecule has 1 aromatic heterocycles. The van der Waals surface area contributed by atoms with E-state index < -0.39 is 11.8 Å². The first-order valence-corrected chi connectivity index (χ1v) is 7.20. The van der Waals surface area contributed by atoms with Gasteiger partial charge in [-0.15, -0.1) is 0 Å². The predicted molar refractivity (Wildman–Crippen MR) is 73.1 cm³/mol. The Labute approximate surface area is 118 Å². The second-order valence-electron chi connectivity index (χ2n) is 5.30. The standard InChI is InChI=1S/C13H15BrN2O3/c1-7-6-8(14)12(19)16-10(7)11(18)15-13(16)5-3-2-4-9(13)17/h6,9,17H,2-5H2,1H3,(H,15,18). The molecule has 2 heterocycles. The van der Waals surface area contributed by atoms with E-state index in [0.29, 0.717) is 23.0 Å². The smallest absolute Gasteiger partial charge is 0.270 e. The monoisotopic (exact) mass is 326 g/mol. The van der Waals surface area contributed by atoms with Gasteiger partial charge in [-0.25, -0.2) is 0 Å². The van der Waals surface area contributed by atoms with Crippen LogP contribution in [-0.4, -0.2) is 21.7 Å². The SMILES string of the molecule is Cc1cc(Br)c(=O)n2c1C(=O)NC21CCCCC1O. The summed E-state index contributed by atoms with van der Waals surface area (Å²) >= 11 is 3.24. The lowest BCUT2D eigenvalue weighted by Crippen LogP contribution is -2.57. The molecule has 1 spiro atoms. The number of carbonyl (C=O) groups is 1. The Morgan fingerprint density at radius 3 is 2.89 bits per heavy atom. The third-order valence-corrected chi connectivity index (χ3v) is 4.70. The zero-order valence-corrected chi connectivity index (χ0v) is 12.2. The Balaban J connectivity index is 2.32. The molecule has 0 aromatic carbocycles.